The van der Waals surface area contributed by atoms with E-state index in [0.29, 0.717) is 48.3 Å². The van der Waals surface area contributed by atoms with E-state index in [-0.39, 0.29) is 29.4 Å². The lowest BCUT2D eigenvalue weighted by Crippen LogP contribution is -2.49. The number of aromatic nitrogens is 2. The highest BCUT2D eigenvalue weighted by Gasteiger charge is 2.25. The zero-order valence-electron chi connectivity index (χ0n) is 18.9. The summed E-state index contributed by atoms with van der Waals surface area (Å²) in [4.78, 5) is 40.6. The van der Waals surface area contributed by atoms with Gasteiger partial charge in [-0.25, -0.2) is 4.68 Å². The summed E-state index contributed by atoms with van der Waals surface area (Å²) in [5, 5.41) is 14.5. The van der Waals surface area contributed by atoms with Gasteiger partial charge in [0.25, 0.3) is 11.2 Å². The van der Waals surface area contributed by atoms with Crippen LogP contribution >= 0.6 is 11.6 Å². The van der Waals surface area contributed by atoms with Crippen LogP contribution in [0.4, 0.5) is 17.1 Å². The number of nitrogens with one attached hydrogen (secondary N) is 1. The molecule has 0 bridgehead atoms. The molecule has 2 aromatic carbocycles. The Kier molecular flexibility index (Phi) is 6.71. The maximum Gasteiger partial charge on any atom is 0.295 e. The summed E-state index contributed by atoms with van der Waals surface area (Å²) in [6.45, 7) is 4.07. The van der Waals surface area contributed by atoms with Gasteiger partial charge in [-0.3, -0.25) is 29.3 Å². The lowest BCUT2D eigenvalue weighted by molar-refractivity contribution is -0.384. The third-order valence-corrected chi connectivity index (χ3v) is 6.27. The summed E-state index contributed by atoms with van der Waals surface area (Å²) in [5.41, 5.74) is 1.81. The Bertz CT molecular complexity index is 1280. The van der Waals surface area contributed by atoms with E-state index >= 15 is 0 Å². The van der Waals surface area contributed by atoms with Crippen molar-refractivity contribution in [2.45, 2.75) is 6.92 Å². The van der Waals surface area contributed by atoms with Crippen molar-refractivity contribution in [2.75, 3.05) is 42.9 Å². The number of nitrogens with zero attached hydrogens (tertiary/aromatic N) is 5. The summed E-state index contributed by atoms with van der Waals surface area (Å²) < 4.78 is 3.23. The highest BCUT2D eigenvalue weighted by Crippen LogP contribution is 2.31. The first-order valence-corrected chi connectivity index (χ1v) is 11.2. The lowest BCUT2D eigenvalue weighted by Gasteiger charge is -2.35. The molecule has 11 heteroatoms. The molecular weight excluding hydrogens is 460 g/mol. The molecule has 1 N–H and O–H groups in total. The molecular formula is C23H25ClN6O4. The molecule has 3 aromatic rings. The number of anilines is 2. The largest absolute Gasteiger partial charge is 0.363 e. The Balaban J connectivity index is 1.41. The number of halogens is 1. The molecule has 0 aliphatic carbocycles. The fraction of sp³-hybridized carbons (Fsp3) is 0.304. The molecule has 1 saturated heterocycles. The second-order valence-corrected chi connectivity index (χ2v) is 8.57. The molecule has 1 aliphatic heterocycles. The predicted molar refractivity (Wildman–Crippen MR) is 131 cm³/mol. The number of para-hydroxylation sites is 1. The Morgan fingerprint density at radius 2 is 1.79 bits per heavy atom. The van der Waals surface area contributed by atoms with Crippen LogP contribution in [-0.4, -0.2) is 57.8 Å². The molecule has 0 atom stereocenters. The molecule has 1 aromatic heterocycles. The van der Waals surface area contributed by atoms with Gasteiger partial charge in [0, 0.05) is 44.3 Å². The minimum absolute atomic E-state index is 0.0343. The van der Waals surface area contributed by atoms with Crippen LogP contribution in [0.2, 0.25) is 5.02 Å². The number of benzene rings is 2. The summed E-state index contributed by atoms with van der Waals surface area (Å²) in [5.74, 6) is -0.281. The number of carbonyl (C=O) groups excluding carboxylic acids is 1. The Labute approximate surface area is 201 Å². The first-order valence-electron chi connectivity index (χ1n) is 10.8. The number of rotatable bonds is 6. The zero-order chi connectivity index (χ0) is 24.4. The number of nitro benzene ring substituents is 1. The van der Waals surface area contributed by atoms with Gasteiger partial charge in [0.15, 0.2) is 0 Å². The minimum Gasteiger partial charge on any atom is -0.363 e. The van der Waals surface area contributed by atoms with Gasteiger partial charge in [0.2, 0.25) is 5.91 Å². The van der Waals surface area contributed by atoms with Gasteiger partial charge in [0.05, 0.1) is 22.8 Å². The zero-order valence-corrected chi connectivity index (χ0v) is 19.7. The Morgan fingerprint density at radius 1 is 1.12 bits per heavy atom. The van der Waals surface area contributed by atoms with Crippen LogP contribution in [0, 0.1) is 17.0 Å². The number of hydrogen-bond acceptors (Lipinski definition) is 6. The SMILES string of the molecule is Cc1c(NC(=O)CN2CCN(c3ccc(Cl)cc3[N+](=O)[O-])CC2)c(=O)n(-c2ccccc2)n1C. The smallest absolute Gasteiger partial charge is 0.295 e. The molecule has 2 heterocycles. The highest BCUT2D eigenvalue weighted by atomic mass is 35.5. The van der Waals surface area contributed by atoms with Crippen LogP contribution in [0.5, 0.6) is 0 Å². The maximum absolute atomic E-state index is 13.0. The number of hydrogen-bond donors (Lipinski definition) is 1. The molecule has 178 valence electrons. The molecule has 4 rings (SSSR count). The second kappa shape index (κ2) is 9.70. The molecule has 10 nitrogen and oxygen atoms in total. The number of nitro groups is 1. The van der Waals surface area contributed by atoms with E-state index < -0.39 is 4.92 Å². The van der Waals surface area contributed by atoms with Crippen LogP contribution in [0.1, 0.15) is 5.69 Å². The van der Waals surface area contributed by atoms with Gasteiger partial charge < -0.3 is 10.2 Å². The van der Waals surface area contributed by atoms with Crippen LogP contribution in [0.25, 0.3) is 5.69 Å². The van der Waals surface area contributed by atoms with Crippen molar-refractivity contribution in [1.82, 2.24) is 14.3 Å². The van der Waals surface area contributed by atoms with Gasteiger partial charge in [-0.1, -0.05) is 29.8 Å². The quantitative estimate of drug-likeness (QED) is 0.426. The highest BCUT2D eigenvalue weighted by molar-refractivity contribution is 6.30. The van der Waals surface area contributed by atoms with Crippen molar-refractivity contribution in [1.29, 1.82) is 0 Å². The van der Waals surface area contributed by atoms with Gasteiger partial charge in [-0.15, -0.1) is 0 Å². The van der Waals surface area contributed by atoms with Crippen molar-refractivity contribution >= 4 is 34.6 Å². The van der Waals surface area contributed by atoms with E-state index in [1.807, 2.05) is 40.1 Å². The van der Waals surface area contributed by atoms with Crippen LogP contribution in [0.15, 0.2) is 53.3 Å². The molecule has 1 fully saturated rings. The predicted octanol–water partition coefficient (Wildman–Crippen LogP) is 2.81. The maximum atomic E-state index is 13.0. The average molecular weight is 485 g/mol. The van der Waals surface area contributed by atoms with E-state index in [1.165, 1.54) is 10.7 Å². The molecule has 1 aliphatic rings. The molecule has 0 unspecified atom stereocenters. The van der Waals surface area contributed by atoms with Gasteiger partial charge in [-0.2, -0.15) is 0 Å². The summed E-state index contributed by atoms with van der Waals surface area (Å²) in [6.07, 6.45) is 0. The second-order valence-electron chi connectivity index (χ2n) is 8.14. The third-order valence-electron chi connectivity index (χ3n) is 6.03. The average Bonchev–Trinajstić information content (AvgIpc) is 3.03. The first kappa shape index (κ1) is 23.5. The fourth-order valence-electron chi connectivity index (χ4n) is 4.15. The van der Waals surface area contributed by atoms with E-state index in [4.69, 9.17) is 11.6 Å². The lowest BCUT2D eigenvalue weighted by atomic mass is 10.2. The standard InChI is InChI=1S/C23H25ClN6O4/c1-16-22(23(32)29(26(16)2)18-6-4-3-5-7-18)25-21(31)15-27-10-12-28(13-11-27)19-9-8-17(24)14-20(19)30(33)34/h3-9,14H,10-13,15H2,1-2H3,(H,25,31). The first-order chi connectivity index (χ1) is 16.3. The van der Waals surface area contributed by atoms with Gasteiger partial charge in [0.1, 0.15) is 11.4 Å². The monoisotopic (exact) mass is 484 g/mol. The van der Waals surface area contributed by atoms with E-state index in [1.54, 1.807) is 30.8 Å². The number of carbonyl (C=O) groups is 1. The summed E-state index contributed by atoms with van der Waals surface area (Å²) >= 11 is 5.91. The van der Waals surface area contributed by atoms with Crippen LogP contribution in [0.3, 0.4) is 0 Å². The van der Waals surface area contributed by atoms with Crippen LogP contribution in [-0.2, 0) is 11.8 Å². The van der Waals surface area contributed by atoms with E-state index in [2.05, 4.69) is 5.32 Å². The molecule has 0 radical (unpaired) electrons. The van der Waals surface area contributed by atoms with Crippen molar-refractivity contribution in [3.05, 3.63) is 79.7 Å². The molecule has 0 spiro atoms. The Hall–Kier alpha value is -3.63. The third kappa shape index (κ3) is 4.68. The Morgan fingerprint density at radius 3 is 2.44 bits per heavy atom. The summed E-state index contributed by atoms with van der Waals surface area (Å²) in [6, 6.07) is 13.9. The van der Waals surface area contributed by atoms with Crippen LogP contribution < -0.4 is 15.8 Å². The van der Waals surface area contributed by atoms with E-state index in [9.17, 15) is 19.7 Å². The van der Waals surface area contributed by atoms with Crippen molar-refractivity contribution in [3.8, 4) is 5.69 Å². The molecule has 34 heavy (non-hydrogen) atoms. The molecule has 0 saturated carbocycles. The van der Waals surface area contributed by atoms with Gasteiger partial charge in [-0.05, 0) is 31.2 Å². The topological polar surface area (TPSA) is 106 Å². The van der Waals surface area contributed by atoms with Crippen molar-refractivity contribution in [2.24, 2.45) is 7.05 Å². The minimum atomic E-state index is -0.439. The van der Waals surface area contributed by atoms with Gasteiger partial charge >= 0.3 is 0 Å². The summed E-state index contributed by atoms with van der Waals surface area (Å²) in [7, 11) is 1.77. The number of piperazine rings is 1. The van der Waals surface area contributed by atoms with Crippen molar-refractivity contribution < 1.29 is 9.72 Å². The van der Waals surface area contributed by atoms with E-state index in [0.717, 1.165) is 0 Å². The van der Waals surface area contributed by atoms with Crippen molar-refractivity contribution in [3.63, 3.8) is 0 Å². The fourth-order valence-corrected chi connectivity index (χ4v) is 4.32. The normalized spacial score (nSPS) is 14.3. The number of amides is 1. The molecule has 1 amide bonds.